The summed E-state index contributed by atoms with van der Waals surface area (Å²) in [6.07, 6.45) is 1.80. The fraction of sp³-hybridized carbons (Fsp3) is 0.571. The van der Waals surface area contributed by atoms with E-state index >= 15 is 0 Å². The van der Waals surface area contributed by atoms with Crippen LogP contribution in [0.4, 0.5) is 0 Å². The second-order valence-electron chi connectivity index (χ2n) is 5.10. The zero-order valence-electron chi connectivity index (χ0n) is 11.3. The quantitative estimate of drug-likeness (QED) is 0.876. The van der Waals surface area contributed by atoms with Crippen molar-refractivity contribution in [3.63, 3.8) is 0 Å². The number of hydrogen-bond donors (Lipinski definition) is 1. The lowest BCUT2D eigenvalue weighted by atomic mass is 10.0. The summed E-state index contributed by atoms with van der Waals surface area (Å²) in [6.45, 7) is 3.23. The molecule has 0 aliphatic heterocycles. The molecular formula is C14H18BrNO3S. The lowest BCUT2D eigenvalue weighted by Crippen LogP contribution is -2.34. The molecule has 0 spiro atoms. The van der Waals surface area contributed by atoms with Gasteiger partial charge in [-0.2, -0.15) is 0 Å². The maximum Gasteiger partial charge on any atom is 0.306 e. The number of aliphatic carboxylic acids is 1. The summed E-state index contributed by atoms with van der Waals surface area (Å²) >= 11 is 5.05. The van der Waals surface area contributed by atoms with Crippen molar-refractivity contribution in [3.05, 3.63) is 20.8 Å². The monoisotopic (exact) mass is 359 g/mol. The van der Waals surface area contributed by atoms with Crippen molar-refractivity contribution in [2.24, 2.45) is 11.8 Å². The highest BCUT2D eigenvalue weighted by atomic mass is 79.9. The van der Waals surface area contributed by atoms with E-state index in [1.165, 1.54) is 0 Å². The van der Waals surface area contributed by atoms with Crippen LogP contribution in [0.2, 0.25) is 0 Å². The van der Waals surface area contributed by atoms with E-state index in [9.17, 15) is 9.59 Å². The van der Waals surface area contributed by atoms with Crippen LogP contribution in [0, 0.1) is 11.8 Å². The predicted octanol–water partition coefficient (Wildman–Crippen LogP) is 3.36. The number of rotatable bonds is 5. The predicted molar refractivity (Wildman–Crippen MR) is 81.6 cm³/mol. The van der Waals surface area contributed by atoms with Gasteiger partial charge in [0.2, 0.25) is 5.91 Å². The molecule has 2 rings (SSSR count). The molecule has 1 aromatic rings. The van der Waals surface area contributed by atoms with Gasteiger partial charge in [0.15, 0.2) is 0 Å². The molecule has 1 fully saturated rings. The number of thiophene rings is 1. The Morgan fingerprint density at radius 1 is 1.40 bits per heavy atom. The van der Waals surface area contributed by atoms with Crippen LogP contribution in [0.1, 0.15) is 31.1 Å². The maximum absolute atomic E-state index is 12.5. The number of nitrogens with zero attached hydrogens (tertiary/aromatic N) is 1. The average Bonchev–Trinajstić information content (AvgIpc) is 3.04. The maximum atomic E-state index is 12.5. The highest BCUT2D eigenvalue weighted by Gasteiger charge is 2.35. The van der Waals surface area contributed by atoms with Gasteiger partial charge >= 0.3 is 5.97 Å². The van der Waals surface area contributed by atoms with Crippen molar-refractivity contribution >= 4 is 39.1 Å². The molecule has 1 N–H and O–H groups in total. The van der Waals surface area contributed by atoms with E-state index in [1.807, 2.05) is 24.0 Å². The minimum Gasteiger partial charge on any atom is -0.481 e. The molecule has 0 radical (unpaired) electrons. The molecule has 110 valence electrons. The summed E-state index contributed by atoms with van der Waals surface area (Å²) in [5.41, 5.74) is 0. The topological polar surface area (TPSA) is 57.6 Å². The van der Waals surface area contributed by atoms with Crippen molar-refractivity contribution < 1.29 is 14.7 Å². The number of hydrogen-bond acceptors (Lipinski definition) is 3. The Morgan fingerprint density at radius 3 is 2.60 bits per heavy atom. The van der Waals surface area contributed by atoms with Gasteiger partial charge in [0, 0.05) is 17.3 Å². The van der Waals surface area contributed by atoms with Gasteiger partial charge in [-0.05, 0) is 54.2 Å². The van der Waals surface area contributed by atoms with Crippen LogP contribution in [-0.4, -0.2) is 28.4 Å². The number of carbonyl (C=O) groups is 2. The first-order chi connectivity index (χ1) is 9.51. The van der Waals surface area contributed by atoms with Crippen molar-refractivity contribution in [2.75, 3.05) is 6.54 Å². The summed E-state index contributed by atoms with van der Waals surface area (Å²) in [6, 6.07) is 3.99. The van der Waals surface area contributed by atoms with Gasteiger partial charge in [-0.15, -0.1) is 11.3 Å². The van der Waals surface area contributed by atoms with Gasteiger partial charge in [-0.25, -0.2) is 0 Å². The molecule has 1 aliphatic rings. The van der Waals surface area contributed by atoms with Crippen LogP contribution < -0.4 is 0 Å². The molecule has 1 saturated carbocycles. The van der Waals surface area contributed by atoms with Crippen molar-refractivity contribution in [2.45, 2.75) is 32.7 Å². The highest BCUT2D eigenvalue weighted by molar-refractivity contribution is 9.11. The zero-order chi connectivity index (χ0) is 14.7. The molecule has 0 saturated heterocycles. The highest BCUT2D eigenvalue weighted by Crippen LogP contribution is 2.33. The average molecular weight is 360 g/mol. The Labute approximate surface area is 130 Å². The zero-order valence-corrected chi connectivity index (χ0v) is 13.7. The summed E-state index contributed by atoms with van der Waals surface area (Å²) in [4.78, 5) is 26.4. The third-order valence-corrected chi connectivity index (χ3v) is 5.41. The molecule has 1 aromatic heterocycles. The van der Waals surface area contributed by atoms with Gasteiger partial charge in [-0.3, -0.25) is 9.59 Å². The molecule has 2 atom stereocenters. The number of carboxylic acid groups (broad SMARTS) is 1. The third-order valence-electron chi connectivity index (χ3n) is 3.80. The van der Waals surface area contributed by atoms with E-state index in [4.69, 9.17) is 5.11 Å². The van der Waals surface area contributed by atoms with Crippen LogP contribution >= 0.6 is 27.3 Å². The Bertz CT molecular complexity index is 502. The molecule has 4 nitrogen and oxygen atoms in total. The molecule has 1 heterocycles. The lowest BCUT2D eigenvalue weighted by Gasteiger charge is -2.23. The molecular weight excluding hydrogens is 342 g/mol. The van der Waals surface area contributed by atoms with Crippen LogP contribution in [0.5, 0.6) is 0 Å². The molecule has 0 unspecified atom stereocenters. The first-order valence-electron chi connectivity index (χ1n) is 6.77. The Hall–Kier alpha value is -0.880. The Morgan fingerprint density at radius 2 is 2.10 bits per heavy atom. The first kappa shape index (κ1) is 15.5. The number of halogens is 1. The number of carboxylic acids is 1. The summed E-state index contributed by atoms with van der Waals surface area (Å²) in [5.74, 6) is -1.15. The fourth-order valence-electron chi connectivity index (χ4n) is 2.66. The van der Waals surface area contributed by atoms with Gasteiger partial charge < -0.3 is 10.0 Å². The summed E-state index contributed by atoms with van der Waals surface area (Å²) in [7, 11) is 0. The van der Waals surface area contributed by atoms with E-state index in [-0.39, 0.29) is 17.7 Å². The number of carbonyl (C=O) groups excluding carboxylic acids is 1. The lowest BCUT2D eigenvalue weighted by molar-refractivity contribution is -0.141. The molecule has 6 heteroatoms. The SMILES string of the molecule is CCN(Cc1ccc(Br)s1)C(=O)[C@@H]1CC[C@H](C(=O)O)C1. The van der Waals surface area contributed by atoms with Crippen molar-refractivity contribution in [1.29, 1.82) is 0 Å². The summed E-state index contributed by atoms with van der Waals surface area (Å²) in [5, 5.41) is 9.02. The van der Waals surface area contributed by atoms with Gasteiger partial charge in [0.25, 0.3) is 0 Å². The third kappa shape index (κ3) is 3.61. The summed E-state index contributed by atoms with van der Waals surface area (Å²) < 4.78 is 1.06. The molecule has 1 amide bonds. The van der Waals surface area contributed by atoms with E-state index < -0.39 is 5.97 Å². The standard InChI is InChI=1S/C14H18BrNO3S/c1-2-16(8-11-5-6-12(15)20-11)13(17)9-3-4-10(7-9)14(18)19/h5-6,9-10H,2-4,7-8H2,1H3,(H,18,19)/t9-,10+/m1/s1. The normalized spacial score (nSPS) is 21.9. The smallest absolute Gasteiger partial charge is 0.306 e. The van der Waals surface area contributed by atoms with Crippen molar-refractivity contribution in [3.8, 4) is 0 Å². The van der Waals surface area contributed by atoms with Crippen LogP contribution in [-0.2, 0) is 16.1 Å². The fourth-order valence-corrected chi connectivity index (χ4v) is 4.16. The second kappa shape index (κ2) is 6.72. The van der Waals surface area contributed by atoms with E-state index in [1.54, 1.807) is 11.3 Å². The van der Waals surface area contributed by atoms with Crippen molar-refractivity contribution in [1.82, 2.24) is 4.90 Å². The molecule has 20 heavy (non-hydrogen) atoms. The molecule has 0 aromatic carbocycles. The van der Waals surface area contributed by atoms with E-state index in [0.29, 0.717) is 32.4 Å². The van der Waals surface area contributed by atoms with Crippen LogP contribution in [0.15, 0.2) is 15.9 Å². The van der Waals surface area contributed by atoms with E-state index in [2.05, 4.69) is 15.9 Å². The van der Waals surface area contributed by atoms with E-state index in [0.717, 1.165) is 8.66 Å². The van der Waals surface area contributed by atoms with Crippen LogP contribution in [0.3, 0.4) is 0 Å². The number of amides is 1. The minimum atomic E-state index is -0.773. The Balaban J connectivity index is 1.97. The largest absolute Gasteiger partial charge is 0.481 e. The van der Waals surface area contributed by atoms with Gasteiger partial charge in [0.05, 0.1) is 16.2 Å². The molecule has 1 aliphatic carbocycles. The minimum absolute atomic E-state index is 0.0979. The first-order valence-corrected chi connectivity index (χ1v) is 8.38. The second-order valence-corrected chi connectivity index (χ2v) is 7.65. The Kier molecular flexibility index (Phi) is 5.21. The molecule has 0 bridgehead atoms. The van der Waals surface area contributed by atoms with Gasteiger partial charge in [0.1, 0.15) is 0 Å². The van der Waals surface area contributed by atoms with Gasteiger partial charge in [-0.1, -0.05) is 0 Å². The van der Waals surface area contributed by atoms with Crippen LogP contribution in [0.25, 0.3) is 0 Å².